The lowest BCUT2D eigenvalue weighted by Gasteiger charge is -2.39. The van der Waals surface area contributed by atoms with E-state index < -0.39 is 30.2 Å². The molecule has 0 fully saturated rings. The highest BCUT2D eigenvalue weighted by Gasteiger charge is 2.42. The van der Waals surface area contributed by atoms with Gasteiger partial charge in [-0.15, -0.1) is 0 Å². The zero-order valence-corrected chi connectivity index (χ0v) is 43.4. The van der Waals surface area contributed by atoms with Crippen molar-refractivity contribution in [2.75, 3.05) is 14.2 Å². The minimum Gasteiger partial charge on any atom is -0.377 e. The Morgan fingerprint density at radius 3 is 1.17 bits per heavy atom. The minimum atomic E-state index is -3.65. The first-order chi connectivity index (χ1) is 29.9. The number of allylic oxidation sites excluding steroid dienone is 8. The minimum absolute atomic E-state index is 0.201. The zero-order chi connectivity index (χ0) is 47.6. The molecule has 2 aromatic rings. The summed E-state index contributed by atoms with van der Waals surface area (Å²) >= 11 is 0. The molecule has 64 heavy (non-hydrogen) atoms. The zero-order valence-electron chi connectivity index (χ0n) is 41.7. The maximum Gasteiger partial charge on any atom is 0.185 e. The van der Waals surface area contributed by atoms with Gasteiger partial charge in [-0.05, 0) is 166 Å². The van der Waals surface area contributed by atoms with E-state index in [1.807, 2.05) is 64.1 Å². The number of aryl methyl sites for hydroxylation is 2. The fraction of sp³-hybridized carbons (Fsp3) is 0.536. The molecule has 8 heteroatoms. The third-order valence-corrected chi connectivity index (χ3v) is 17.8. The Labute approximate surface area is 389 Å². The molecule has 2 aliphatic carbocycles. The number of benzene rings is 2. The Morgan fingerprint density at radius 1 is 0.547 bits per heavy atom. The molecule has 0 aliphatic heterocycles. The normalized spacial score (nSPS) is 20.2. The largest absolute Gasteiger partial charge is 0.377 e. The first kappa shape index (κ1) is 53.1. The lowest BCUT2D eigenvalue weighted by Crippen LogP contribution is -2.35. The fourth-order valence-corrected chi connectivity index (χ4v) is 14.5. The van der Waals surface area contributed by atoms with E-state index in [0.717, 1.165) is 83.1 Å². The monoisotopic (exact) mass is 913 g/mol. The first-order valence-corrected chi connectivity index (χ1v) is 26.4. The van der Waals surface area contributed by atoms with E-state index >= 15 is 0 Å². The predicted octanol–water partition coefficient (Wildman–Crippen LogP) is 14.3. The lowest BCUT2D eigenvalue weighted by molar-refractivity contribution is 0.140. The standard InChI is InChI=1S/C56H80O6S2/c1-39-23-27-49(28-24-39)63(57,58)51(53-45(7)21-17-31-55(53,9)10)37-43(5)35-47(61-13)33-41(3)19-15-16-20-42(4)34-48(62-14)36-44(6)38-52(54-46(8)22-18-32-56(54,11)12)64(59,60)50-29-25-40(2)26-30-50/h15-16,19-20,23-30,35-36,47-48,51-52H,17-18,21-22,31-34,37-38H2,1-14H3/b16-15+,41-19+,42-20+,43-35+,44-36+. The molecule has 4 unspecified atom stereocenters. The molecule has 2 aliphatic rings. The summed E-state index contributed by atoms with van der Waals surface area (Å²) in [6, 6.07) is 14.6. The van der Waals surface area contributed by atoms with Gasteiger partial charge < -0.3 is 9.47 Å². The second-order valence-corrected chi connectivity index (χ2v) is 24.6. The van der Waals surface area contributed by atoms with Crippen LogP contribution in [0.15, 0.2) is 139 Å². The highest BCUT2D eigenvalue weighted by molar-refractivity contribution is 7.92. The maximum atomic E-state index is 14.4. The van der Waals surface area contributed by atoms with Gasteiger partial charge in [0, 0.05) is 14.2 Å². The van der Waals surface area contributed by atoms with Crippen LogP contribution in [0.4, 0.5) is 0 Å². The van der Waals surface area contributed by atoms with Crippen LogP contribution in [-0.2, 0) is 29.1 Å². The Morgan fingerprint density at radius 2 is 0.875 bits per heavy atom. The molecule has 2 aromatic carbocycles. The van der Waals surface area contributed by atoms with Crippen molar-refractivity contribution in [3.63, 3.8) is 0 Å². The molecule has 4 atom stereocenters. The van der Waals surface area contributed by atoms with Gasteiger partial charge in [0.2, 0.25) is 0 Å². The summed E-state index contributed by atoms with van der Waals surface area (Å²) < 4.78 is 69.6. The molecule has 0 amide bonds. The van der Waals surface area contributed by atoms with Crippen molar-refractivity contribution in [3.8, 4) is 0 Å². The van der Waals surface area contributed by atoms with Crippen molar-refractivity contribution in [2.24, 2.45) is 10.8 Å². The average Bonchev–Trinajstić information content (AvgIpc) is 3.20. The van der Waals surface area contributed by atoms with Crippen LogP contribution in [0.25, 0.3) is 0 Å². The third-order valence-electron chi connectivity index (χ3n) is 13.7. The number of sulfone groups is 2. The summed E-state index contributed by atoms with van der Waals surface area (Å²) in [6.07, 6.45) is 20.2. The van der Waals surface area contributed by atoms with Crippen LogP contribution < -0.4 is 0 Å². The second kappa shape index (κ2) is 22.8. The molecule has 6 nitrogen and oxygen atoms in total. The second-order valence-electron chi connectivity index (χ2n) is 20.4. The van der Waals surface area contributed by atoms with Gasteiger partial charge in [0.1, 0.15) is 0 Å². The van der Waals surface area contributed by atoms with Crippen LogP contribution in [0, 0.1) is 24.7 Å². The van der Waals surface area contributed by atoms with Gasteiger partial charge in [-0.1, -0.05) is 133 Å². The molecule has 0 radical (unpaired) electrons. The van der Waals surface area contributed by atoms with Crippen molar-refractivity contribution in [2.45, 2.75) is 180 Å². The van der Waals surface area contributed by atoms with E-state index in [-0.39, 0.29) is 23.0 Å². The molecule has 0 aromatic heterocycles. The number of ether oxygens (including phenoxy) is 2. The van der Waals surface area contributed by atoms with Crippen molar-refractivity contribution in [1.29, 1.82) is 0 Å². The number of hydrogen-bond donors (Lipinski definition) is 0. The van der Waals surface area contributed by atoms with Crippen molar-refractivity contribution in [3.05, 3.63) is 141 Å². The molecule has 352 valence electrons. The van der Waals surface area contributed by atoms with Gasteiger partial charge in [-0.2, -0.15) is 0 Å². The van der Waals surface area contributed by atoms with Gasteiger partial charge in [0.25, 0.3) is 0 Å². The molecule has 0 N–H and O–H groups in total. The maximum absolute atomic E-state index is 14.4. The van der Waals surface area contributed by atoms with Gasteiger partial charge in [-0.25, -0.2) is 16.8 Å². The quantitative estimate of drug-likeness (QED) is 0.0971. The topological polar surface area (TPSA) is 86.7 Å². The molecule has 0 spiro atoms. The summed E-state index contributed by atoms with van der Waals surface area (Å²) in [5.41, 5.74) is 10.5. The molecule has 0 saturated heterocycles. The van der Waals surface area contributed by atoms with Crippen LogP contribution in [-0.4, -0.2) is 53.8 Å². The smallest absolute Gasteiger partial charge is 0.185 e. The summed E-state index contributed by atoms with van der Waals surface area (Å²) in [5, 5.41) is -1.28. The summed E-state index contributed by atoms with van der Waals surface area (Å²) in [6.45, 7) is 25.2. The van der Waals surface area contributed by atoms with E-state index in [9.17, 15) is 16.8 Å². The van der Waals surface area contributed by atoms with E-state index in [4.69, 9.17) is 9.47 Å². The van der Waals surface area contributed by atoms with Crippen molar-refractivity contribution >= 4 is 19.7 Å². The summed E-state index contributed by atoms with van der Waals surface area (Å²) in [4.78, 5) is 0.755. The van der Waals surface area contributed by atoms with Gasteiger partial charge in [0.15, 0.2) is 19.7 Å². The van der Waals surface area contributed by atoms with Gasteiger partial charge in [-0.3, -0.25) is 0 Å². The molecule has 0 bridgehead atoms. The van der Waals surface area contributed by atoms with E-state index in [1.54, 1.807) is 38.5 Å². The predicted molar refractivity (Wildman–Crippen MR) is 269 cm³/mol. The highest BCUT2D eigenvalue weighted by Crippen LogP contribution is 2.47. The summed E-state index contributed by atoms with van der Waals surface area (Å²) in [5.74, 6) is 0. The van der Waals surface area contributed by atoms with Crippen LogP contribution in [0.5, 0.6) is 0 Å². The van der Waals surface area contributed by atoms with Gasteiger partial charge >= 0.3 is 0 Å². The first-order valence-electron chi connectivity index (χ1n) is 23.3. The van der Waals surface area contributed by atoms with E-state index in [2.05, 4.69) is 79.7 Å². The summed E-state index contributed by atoms with van der Waals surface area (Å²) in [7, 11) is -3.88. The highest BCUT2D eigenvalue weighted by atomic mass is 32.2. The van der Waals surface area contributed by atoms with Crippen molar-refractivity contribution < 1.29 is 26.3 Å². The molecule has 0 heterocycles. The molecular weight excluding hydrogens is 833 g/mol. The van der Waals surface area contributed by atoms with Crippen molar-refractivity contribution in [1.82, 2.24) is 0 Å². The van der Waals surface area contributed by atoms with E-state index in [1.165, 1.54) is 11.1 Å². The lowest BCUT2D eigenvalue weighted by atomic mass is 9.70. The fourth-order valence-electron chi connectivity index (χ4n) is 10.2. The Balaban J connectivity index is 1.47. The van der Waals surface area contributed by atoms with Crippen LogP contribution in [0.3, 0.4) is 0 Å². The number of rotatable bonds is 20. The number of methoxy groups -OCH3 is 2. The van der Waals surface area contributed by atoms with Crippen LogP contribution in [0.1, 0.15) is 145 Å². The number of hydrogen-bond acceptors (Lipinski definition) is 6. The third kappa shape index (κ3) is 14.0. The Hall–Kier alpha value is -3.56. The molecule has 0 saturated carbocycles. The van der Waals surface area contributed by atoms with E-state index in [0.29, 0.717) is 35.5 Å². The molecule has 4 rings (SSSR count). The van der Waals surface area contributed by atoms with Gasteiger partial charge in [0.05, 0.1) is 32.5 Å². The van der Waals surface area contributed by atoms with Crippen LogP contribution in [0.2, 0.25) is 0 Å². The Bertz CT molecular complexity index is 2200. The van der Waals surface area contributed by atoms with Crippen LogP contribution >= 0.6 is 0 Å². The molecular formula is C56H80O6S2. The SMILES string of the molecule is COC(/C=C(\C)CC(C1=C(C)CCCC1(C)C)S(=O)(=O)c1ccc(C)cc1)C/C(C)=C/C=C/C=C(\C)CC(/C=C(\C)CC(C1=C(C)CCCC1(C)C)S(=O)(=O)c1ccc(C)cc1)OC. The Kier molecular flexibility index (Phi) is 18.9. The average molecular weight is 913 g/mol.